The molecule has 7 heteroatoms. The van der Waals surface area contributed by atoms with Crippen LogP contribution in [0.15, 0.2) is 17.3 Å². The van der Waals surface area contributed by atoms with Gasteiger partial charge in [-0.2, -0.15) is 0 Å². The fraction of sp³-hybridized carbons (Fsp3) is 0.333. The molecule has 1 N–H and O–H groups in total. The number of hydrogen-bond donors (Lipinski definition) is 1. The highest BCUT2D eigenvalue weighted by atomic mass is 35.5. The van der Waals surface area contributed by atoms with Crippen molar-refractivity contribution in [1.29, 1.82) is 0 Å². The lowest BCUT2D eigenvalue weighted by Gasteiger charge is -2.06. The smallest absolute Gasteiger partial charge is 0.287 e. The maximum Gasteiger partial charge on any atom is 0.287 e. The average molecular weight is 261 g/mol. The molecule has 1 aliphatic heterocycles. The molecule has 0 radical (unpaired) electrons. The molecule has 0 spiro atoms. The van der Waals surface area contributed by atoms with Gasteiger partial charge in [-0.1, -0.05) is 16.8 Å². The monoisotopic (exact) mass is 260 g/mol. The van der Waals surface area contributed by atoms with Gasteiger partial charge in [0.2, 0.25) is 6.10 Å². The number of rotatable bonds is 3. The van der Waals surface area contributed by atoms with E-state index in [1.54, 1.807) is 6.07 Å². The lowest BCUT2D eigenvalue weighted by atomic mass is 10.1. The molecule has 5 nitrogen and oxygen atoms in total. The summed E-state index contributed by atoms with van der Waals surface area (Å²) in [6.45, 7) is 0. The third-order valence-electron chi connectivity index (χ3n) is 2.02. The zero-order valence-electron chi connectivity index (χ0n) is 8.40. The zero-order valence-corrected chi connectivity index (χ0v) is 9.97. The van der Waals surface area contributed by atoms with Crippen molar-refractivity contribution in [2.45, 2.75) is 12.5 Å². The van der Waals surface area contributed by atoms with Gasteiger partial charge in [0.05, 0.1) is 16.3 Å². The molecule has 1 aromatic rings. The fourth-order valence-electron chi connectivity index (χ4n) is 1.30. The maximum absolute atomic E-state index is 11.4. The quantitative estimate of drug-likeness (QED) is 0.840. The topological polar surface area (TPSA) is 59.9 Å². The largest absolute Gasteiger partial charge is 0.382 e. The molecule has 1 aliphatic rings. The molecule has 0 saturated carbocycles. The van der Waals surface area contributed by atoms with E-state index in [9.17, 15) is 4.79 Å². The molecule has 2 rings (SSSR count). The number of halogens is 1. The van der Waals surface area contributed by atoms with Crippen LogP contribution >= 0.6 is 22.9 Å². The van der Waals surface area contributed by atoms with Crippen LogP contribution in [0.3, 0.4) is 0 Å². The molecule has 0 saturated heterocycles. The molecule has 86 valence electrons. The predicted molar refractivity (Wildman–Crippen MR) is 60.5 cm³/mol. The summed E-state index contributed by atoms with van der Waals surface area (Å²) in [6.07, 6.45) is -0.206. The van der Waals surface area contributed by atoms with E-state index in [-0.39, 0.29) is 5.91 Å². The van der Waals surface area contributed by atoms with Crippen LogP contribution < -0.4 is 5.48 Å². The molecular formula is C9H9ClN2O3S. The predicted octanol–water partition coefficient (Wildman–Crippen LogP) is 1.57. The third-order valence-corrected chi connectivity index (χ3v) is 3.30. The van der Waals surface area contributed by atoms with Crippen molar-refractivity contribution in [2.24, 2.45) is 5.16 Å². The van der Waals surface area contributed by atoms with Crippen molar-refractivity contribution in [3.05, 3.63) is 21.3 Å². The lowest BCUT2D eigenvalue weighted by Crippen LogP contribution is -2.33. The zero-order chi connectivity index (χ0) is 11.5. The number of hydroxylamine groups is 1. The molecule has 1 aromatic heterocycles. The summed E-state index contributed by atoms with van der Waals surface area (Å²) in [5.41, 5.74) is 2.93. The highest BCUT2D eigenvalue weighted by molar-refractivity contribution is 7.18. The molecule has 1 amide bonds. The van der Waals surface area contributed by atoms with E-state index in [2.05, 4.69) is 15.5 Å². The van der Waals surface area contributed by atoms with E-state index in [0.717, 1.165) is 10.6 Å². The number of carbonyl (C=O) groups excluding carboxylic acids is 1. The molecule has 1 unspecified atom stereocenters. The average Bonchev–Trinajstić information content (AvgIpc) is 2.85. The Morgan fingerprint density at radius 2 is 2.56 bits per heavy atom. The van der Waals surface area contributed by atoms with Gasteiger partial charge in [-0.3, -0.25) is 9.63 Å². The summed E-state index contributed by atoms with van der Waals surface area (Å²) in [6, 6.07) is 3.64. The number of thiophene rings is 1. The highest BCUT2D eigenvalue weighted by Crippen LogP contribution is 2.26. The Morgan fingerprint density at radius 3 is 3.19 bits per heavy atom. The summed E-state index contributed by atoms with van der Waals surface area (Å²) >= 11 is 7.21. The van der Waals surface area contributed by atoms with E-state index in [0.29, 0.717) is 10.8 Å². The van der Waals surface area contributed by atoms with Gasteiger partial charge in [0.15, 0.2) is 0 Å². The fourth-order valence-corrected chi connectivity index (χ4v) is 2.33. The van der Waals surface area contributed by atoms with Gasteiger partial charge in [0.25, 0.3) is 5.91 Å². The van der Waals surface area contributed by atoms with Crippen molar-refractivity contribution < 1.29 is 14.5 Å². The first-order valence-electron chi connectivity index (χ1n) is 4.52. The van der Waals surface area contributed by atoms with Crippen molar-refractivity contribution in [3.8, 4) is 0 Å². The van der Waals surface area contributed by atoms with Gasteiger partial charge in [-0.05, 0) is 12.1 Å². The van der Waals surface area contributed by atoms with Gasteiger partial charge < -0.3 is 4.84 Å². The molecular weight excluding hydrogens is 252 g/mol. The molecule has 16 heavy (non-hydrogen) atoms. The minimum absolute atomic E-state index is 0.344. The summed E-state index contributed by atoms with van der Waals surface area (Å²) in [7, 11) is 1.37. The normalized spacial score (nSPS) is 19.1. The summed E-state index contributed by atoms with van der Waals surface area (Å²) in [5, 5.41) is 3.86. The van der Waals surface area contributed by atoms with E-state index in [4.69, 9.17) is 16.4 Å². The number of nitrogens with zero attached hydrogens (tertiary/aromatic N) is 1. The van der Waals surface area contributed by atoms with Gasteiger partial charge in [0, 0.05) is 6.42 Å². The number of oxime groups is 1. The van der Waals surface area contributed by atoms with E-state index >= 15 is 0 Å². The molecule has 0 bridgehead atoms. The van der Waals surface area contributed by atoms with Crippen LogP contribution in [0, 0.1) is 0 Å². The van der Waals surface area contributed by atoms with Gasteiger partial charge in [-0.15, -0.1) is 11.3 Å². The second kappa shape index (κ2) is 4.82. The van der Waals surface area contributed by atoms with Crippen LogP contribution in [0.5, 0.6) is 0 Å². The first-order valence-corrected chi connectivity index (χ1v) is 5.71. The Morgan fingerprint density at radius 1 is 1.75 bits per heavy atom. The van der Waals surface area contributed by atoms with Gasteiger partial charge >= 0.3 is 0 Å². The van der Waals surface area contributed by atoms with Crippen LogP contribution in [0.25, 0.3) is 0 Å². The standard InChI is InChI=1S/C9H9ClN2O3S/c1-14-12-9(13)6-4-5(11-15-6)7-2-3-8(10)16-7/h2-3,6H,4H2,1H3,(H,12,13). The Bertz CT molecular complexity index is 432. The number of amides is 1. The van der Waals surface area contributed by atoms with E-state index in [1.165, 1.54) is 18.4 Å². The molecule has 0 fully saturated rings. The first kappa shape index (κ1) is 11.4. The van der Waals surface area contributed by atoms with Crippen molar-refractivity contribution in [2.75, 3.05) is 7.11 Å². The van der Waals surface area contributed by atoms with Gasteiger partial charge in [0.1, 0.15) is 5.71 Å². The number of carbonyl (C=O) groups is 1. The van der Waals surface area contributed by atoms with Crippen LogP contribution in [0.4, 0.5) is 0 Å². The van der Waals surface area contributed by atoms with Crippen molar-refractivity contribution in [3.63, 3.8) is 0 Å². The van der Waals surface area contributed by atoms with E-state index in [1.807, 2.05) is 6.07 Å². The number of hydrogen-bond acceptors (Lipinski definition) is 5. The summed E-state index contributed by atoms with van der Waals surface area (Å²) in [5.74, 6) is -0.344. The van der Waals surface area contributed by atoms with Gasteiger partial charge in [-0.25, -0.2) is 5.48 Å². The molecule has 1 atom stereocenters. The van der Waals surface area contributed by atoms with Crippen molar-refractivity contribution in [1.82, 2.24) is 5.48 Å². The minimum Gasteiger partial charge on any atom is -0.382 e. The van der Waals surface area contributed by atoms with Crippen LogP contribution in [-0.4, -0.2) is 24.8 Å². The van der Waals surface area contributed by atoms with E-state index < -0.39 is 6.10 Å². The SMILES string of the molecule is CONC(=O)C1CC(c2ccc(Cl)s2)=NO1. The second-order valence-corrected chi connectivity index (χ2v) is 4.83. The summed E-state index contributed by atoms with van der Waals surface area (Å²) < 4.78 is 0.683. The van der Waals surface area contributed by atoms with Crippen molar-refractivity contribution >= 4 is 34.6 Å². The lowest BCUT2D eigenvalue weighted by molar-refractivity contribution is -0.141. The molecule has 2 heterocycles. The highest BCUT2D eigenvalue weighted by Gasteiger charge is 2.29. The summed E-state index contributed by atoms with van der Waals surface area (Å²) in [4.78, 5) is 21.8. The maximum atomic E-state index is 11.4. The number of nitrogens with one attached hydrogen (secondary N) is 1. The second-order valence-electron chi connectivity index (χ2n) is 3.11. The van der Waals surface area contributed by atoms with Crippen LogP contribution in [0.2, 0.25) is 4.34 Å². The van der Waals surface area contributed by atoms with Crippen LogP contribution in [0.1, 0.15) is 11.3 Å². The molecule has 0 aliphatic carbocycles. The molecule has 0 aromatic carbocycles. The van der Waals surface area contributed by atoms with Crippen LogP contribution in [-0.2, 0) is 14.5 Å². The third kappa shape index (κ3) is 2.34. The Hall–Kier alpha value is -1.11. The first-order chi connectivity index (χ1) is 7.70. The Kier molecular flexibility index (Phi) is 3.42. The Labute approximate surface area is 101 Å². The Balaban J connectivity index is 1.99. The minimum atomic E-state index is -0.629.